The SMILES string of the molecule is CC(C)Cc1cc(-c2[c-]cccc2)ncc1[Si](C)(C)C.Cc1c[c-]c(-c2nc3ccccc3n2-c2ccc(C(C)(C)C)cc2-c2ccccc2)c2oc3nc(C(C)C)ccc3c12.[Ir]. The van der Waals surface area contributed by atoms with Gasteiger partial charge in [-0.05, 0) is 82.1 Å². The number of benzene rings is 5. The minimum absolute atomic E-state index is 0. The summed E-state index contributed by atoms with van der Waals surface area (Å²) in [6.45, 7) is 24.9. The second kappa shape index (κ2) is 18.3. The third-order valence-electron chi connectivity index (χ3n) is 11.6. The Morgan fingerprint density at radius 1 is 0.794 bits per heavy atom. The van der Waals surface area contributed by atoms with Crippen molar-refractivity contribution in [2.45, 2.75) is 92.8 Å². The van der Waals surface area contributed by atoms with E-state index in [1.54, 1.807) is 0 Å². The standard InChI is InChI=1S/C38H34N3O.C18H24NSi.Ir/c1-23(2)30-20-19-27-34-24(3)16-18-28(35(34)42-37(27)40-30)36-39-31-14-10-11-15-33(31)41(36)32-21-17-26(38(4,5)6)22-29(32)25-12-8-7-9-13-25;1-14(2)11-16-12-17(15-9-7-6-8-10-15)19-13-18(16)20(3,4)5;/h7-17,19-23H,1-6H3;6-9,12-14H,11H2,1-5H3;/q2*-1;. The molecule has 9 rings (SSSR count). The van der Waals surface area contributed by atoms with Crippen LogP contribution in [0.2, 0.25) is 19.6 Å². The first kappa shape index (κ1) is 45.6. The number of imidazole rings is 1. The molecule has 7 heteroatoms. The molecule has 4 heterocycles. The fourth-order valence-corrected chi connectivity index (χ4v) is 9.92. The van der Waals surface area contributed by atoms with E-state index in [1.165, 1.54) is 16.3 Å². The summed E-state index contributed by atoms with van der Waals surface area (Å²) in [5.74, 6) is 1.77. The van der Waals surface area contributed by atoms with Gasteiger partial charge in [-0.15, -0.1) is 53.6 Å². The molecule has 63 heavy (non-hydrogen) atoms. The number of furan rings is 1. The molecule has 0 N–H and O–H groups in total. The monoisotopic (exact) mass is 1020 g/mol. The predicted molar refractivity (Wildman–Crippen MR) is 263 cm³/mol. The number of hydrogen-bond donors (Lipinski definition) is 0. The van der Waals surface area contributed by atoms with Crippen molar-refractivity contribution in [1.82, 2.24) is 19.5 Å². The fourth-order valence-electron chi connectivity index (χ4n) is 8.33. The maximum Gasteiger partial charge on any atom is 0.216 e. The molecule has 0 unspecified atom stereocenters. The van der Waals surface area contributed by atoms with Crippen molar-refractivity contribution in [3.63, 3.8) is 0 Å². The molecule has 0 fully saturated rings. The van der Waals surface area contributed by atoms with Gasteiger partial charge in [0.25, 0.3) is 0 Å². The van der Waals surface area contributed by atoms with Gasteiger partial charge < -0.3 is 14.0 Å². The predicted octanol–water partition coefficient (Wildman–Crippen LogP) is 14.5. The van der Waals surface area contributed by atoms with Crippen molar-refractivity contribution in [2.24, 2.45) is 5.92 Å². The zero-order chi connectivity index (χ0) is 43.9. The van der Waals surface area contributed by atoms with Gasteiger partial charge in [-0.3, -0.25) is 4.98 Å². The smallest absolute Gasteiger partial charge is 0.216 e. The summed E-state index contributed by atoms with van der Waals surface area (Å²) in [7, 11) is -1.34. The number of fused-ring (bicyclic) bond motifs is 4. The second-order valence-corrected chi connectivity index (χ2v) is 24.4. The first-order chi connectivity index (χ1) is 29.6. The van der Waals surface area contributed by atoms with Crippen molar-refractivity contribution < 1.29 is 24.5 Å². The molecule has 0 amide bonds. The van der Waals surface area contributed by atoms with Crippen LogP contribution in [0.25, 0.3) is 72.6 Å². The summed E-state index contributed by atoms with van der Waals surface area (Å²) in [6, 6.07) is 49.2. The van der Waals surface area contributed by atoms with Gasteiger partial charge in [0.15, 0.2) is 0 Å². The van der Waals surface area contributed by atoms with E-state index in [-0.39, 0.29) is 25.5 Å². The average Bonchev–Trinajstić information content (AvgIpc) is 3.83. The van der Waals surface area contributed by atoms with Gasteiger partial charge in [0.2, 0.25) is 5.71 Å². The Kier molecular flexibility index (Phi) is 13.3. The minimum Gasteiger partial charge on any atom is -0.486 e. The molecule has 0 aliphatic carbocycles. The van der Waals surface area contributed by atoms with Crippen LogP contribution >= 0.6 is 0 Å². The normalized spacial score (nSPS) is 12.0. The van der Waals surface area contributed by atoms with Crippen molar-refractivity contribution in [3.8, 4) is 39.5 Å². The van der Waals surface area contributed by atoms with Gasteiger partial charge in [-0.1, -0.05) is 146 Å². The van der Waals surface area contributed by atoms with Crippen LogP contribution in [-0.2, 0) is 31.9 Å². The Bertz CT molecular complexity index is 3030. The third kappa shape index (κ3) is 9.43. The molecule has 5 nitrogen and oxygen atoms in total. The minimum atomic E-state index is -1.34. The van der Waals surface area contributed by atoms with Crippen LogP contribution in [0.15, 0.2) is 132 Å². The number of pyridine rings is 2. The Morgan fingerprint density at radius 2 is 1.52 bits per heavy atom. The van der Waals surface area contributed by atoms with Crippen molar-refractivity contribution >= 4 is 46.4 Å². The maximum absolute atomic E-state index is 6.58. The van der Waals surface area contributed by atoms with Gasteiger partial charge in [-0.25, -0.2) is 4.98 Å². The first-order valence-corrected chi connectivity index (χ1v) is 25.5. The molecule has 0 spiro atoms. The molecular weight excluding hydrogens is 965 g/mol. The topological polar surface area (TPSA) is 56.7 Å². The summed E-state index contributed by atoms with van der Waals surface area (Å²) in [5.41, 5.74) is 14.6. The van der Waals surface area contributed by atoms with Crippen LogP contribution in [0, 0.1) is 25.0 Å². The molecule has 0 aliphatic rings. The second-order valence-electron chi connectivity index (χ2n) is 19.4. The molecule has 0 saturated heterocycles. The van der Waals surface area contributed by atoms with Crippen LogP contribution in [-0.4, -0.2) is 27.6 Å². The van der Waals surface area contributed by atoms with Crippen molar-refractivity contribution in [3.05, 3.63) is 162 Å². The van der Waals surface area contributed by atoms with E-state index < -0.39 is 8.07 Å². The summed E-state index contributed by atoms with van der Waals surface area (Å²) >= 11 is 0. The average molecular weight is 1020 g/mol. The number of para-hydroxylation sites is 2. The summed E-state index contributed by atoms with van der Waals surface area (Å²) in [6.07, 6.45) is 3.24. The van der Waals surface area contributed by atoms with Crippen molar-refractivity contribution in [2.75, 3.05) is 0 Å². The van der Waals surface area contributed by atoms with Gasteiger partial charge in [-0.2, -0.15) is 0 Å². The Morgan fingerprint density at radius 3 is 2.21 bits per heavy atom. The van der Waals surface area contributed by atoms with Crippen LogP contribution in [0.5, 0.6) is 0 Å². The Balaban J connectivity index is 0.000000239. The zero-order valence-electron chi connectivity index (χ0n) is 38.5. The number of rotatable bonds is 8. The van der Waals surface area contributed by atoms with E-state index in [2.05, 4.69) is 194 Å². The van der Waals surface area contributed by atoms with E-state index in [0.29, 0.717) is 17.5 Å². The molecular formula is C56H58IrN4OSi-2. The number of aromatic nitrogens is 4. The van der Waals surface area contributed by atoms with Crippen LogP contribution in [0.3, 0.4) is 0 Å². The molecule has 0 saturated carbocycles. The fraction of sp³-hybridized carbons (Fsp3) is 0.268. The van der Waals surface area contributed by atoms with E-state index in [9.17, 15) is 0 Å². The maximum atomic E-state index is 6.58. The molecule has 5 aromatic carbocycles. The van der Waals surface area contributed by atoms with E-state index in [1.807, 2.05) is 30.3 Å². The van der Waals surface area contributed by atoms with Crippen LogP contribution in [0.1, 0.15) is 76.8 Å². The van der Waals surface area contributed by atoms with E-state index in [0.717, 1.165) is 84.5 Å². The van der Waals surface area contributed by atoms with Gasteiger partial charge in [0, 0.05) is 48.6 Å². The van der Waals surface area contributed by atoms with Gasteiger partial charge >= 0.3 is 0 Å². The van der Waals surface area contributed by atoms with Crippen LogP contribution in [0.4, 0.5) is 0 Å². The number of nitrogens with zero attached hydrogens (tertiary/aromatic N) is 4. The van der Waals surface area contributed by atoms with E-state index >= 15 is 0 Å². The molecule has 323 valence electrons. The number of aryl methyl sites for hydroxylation is 1. The molecule has 1 radical (unpaired) electrons. The molecule has 0 bridgehead atoms. The Hall–Kier alpha value is -5.46. The summed E-state index contributed by atoms with van der Waals surface area (Å²) < 4.78 is 8.85. The third-order valence-corrected chi connectivity index (χ3v) is 13.7. The number of hydrogen-bond acceptors (Lipinski definition) is 4. The first-order valence-electron chi connectivity index (χ1n) is 22.0. The quantitative estimate of drug-likeness (QED) is 0.112. The van der Waals surface area contributed by atoms with Gasteiger partial charge in [0.05, 0.1) is 30.5 Å². The zero-order valence-corrected chi connectivity index (χ0v) is 41.9. The van der Waals surface area contributed by atoms with Gasteiger partial charge in [0.1, 0.15) is 0 Å². The molecule has 4 aromatic heterocycles. The summed E-state index contributed by atoms with van der Waals surface area (Å²) in [5, 5.41) is 3.57. The molecule has 0 aliphatic heterocycles. The largest absolute Gasteiger partial charge is 0.486 e. The van der Waals surface area contributed by atoms with E-state index in [4.69, 9.17) is 14.4 Å². The molecule has 9 aromatic rings. The Labute approximate surface area is 388 Å². The summed E-state index contributed by atoms with van der Waals surface area (Å²) in [4.78, 5) is 14.8. The van der Waals surface area contributed by atoms with Crippen LogP contribution < -0.4 is 5.19 Å². The molecule has 0 atom stereocenters. The van der Waals surface area contributed by atoms with Crippen molar-refractivity contribution in [1.29, 1.82) is 0 Å².